The van der Waals surface area contributed by atoms with Crippen LogP contribution in [0.4, 0.5) is 4.39 Å². The lowest BCUT2D eigenvalue weighted by Crippen LogP contribution is -1.84. The molecule has 0 spiro atoms. The van der Waals surface area contributed by atoms with E-state index < -0.39 is 0 Å². The molecule has 8 rings (SSSR count). The number of benzene rings is 7. The van der Waals surface area contributed by atoms with E-state index in [2.05, 4.69) is 115 Å². The number of rotatable bonds is 4. The van der Waals surface area contributed by atoms with E-state index >= 15 is 0 Å². The minimum Gasteiger partial charge on any atom is -0.456 e. The average molecular weight is 541 g/mol. The molecule has 0 aliphatic rings. The van der Waals surface area contributed by atoms with Crippen molar-refractivity contribution in [1.29, 1.82) is 0 Å². The zero-order valence-corrected chi connectivity index (χ0v) is 22.7. The van der Waals surface area contributed by atoms with Crippen LogP contribution in [0.15, 0.2) is 156 Å². The van der Waals surface area contributed by atoms with Crippen molar-refractivity contribution in [1.82, 2.24) is 0 Å². The predicted molar refractivity (Wildman–Crippen MR) is 173 cm³/mol. The highest BCUT2D eigenvalue weighted by molar-refractivity contribution is 6.06. The molecule has 0 atom stereocenters. The molecule has 42 heavy (non-hydrogen) atoms. The largest absolute Gasteiger partial charge is 0.456 e. The third kappa shape index (κ3) is 4.34. The minimum absolute atomic E-state index is 0.220. The van der Waals surface area contributed by atoms with Crippen LogP contribution in [0.3, 0.4) is 0 Å². The number of para-hydroxylation sites is 1. The quantitative estimate of drug-likeness (QED) is 0.216. The van der Waals surface area contributed by atoms with E-state index in [4.69, 9.17) is 4.42 Å². The molecule has 1 nitrogen and oxygen atoms in total. The number of hydrogen-bond acceptors (Lipinski definition) is 1. The third-order valence-corrected chi connectivity index (χ3v) is 8.16. The average Bonchev–Trinajstić information content (AvgIpc) is 3.43. The normalized spacial score (nSPS) is 11.5. The van der Waals surface area contributed by atoms with Gasteiger partial charge in [-0.1, -0.05) is 109 Å². The maximum Gasteiger partial charge on any atom is 0.135 e. The number of fused-ring (bicyclic) bond motifs is 4. The molecule has 7 aromatic carbocycles. The van der Waals surface area contributed by atoms with Crippen LogP contribution >= 0.6 is 0 Å². The van der Waals surface area contributed by atoms with E-state index in [0.29, 0.717) is 0 Å². The molecular weight excluding hydrogens is 515 g/mol. The van der Waals surface area contributed by atoms with Crippen LogP contribution < -0.4 is 0 Å². The number of furan rings is 1. The zero-order valence-electron chi connectivity index (χ0n) is 22.7. The molecule has 0 fully saturated rings. The first kappa shape index (κ1) is 24.3. The molecule has 1 aromatic heterocycles. The van der Waals surface area contributed by atoms with E-state index in [1.807, 2.05) is 24.3 Å². The SMILES string of the molecule is Fc1ccc(-c2ccc(-c3ccc4ccc(-c5ccc(-c6ccc7oc8ccccc8c7c6)cc5)cc4c3)cc2)cc1. The minimum atomic E-state index is -0.220. The Morgan fingerprint density at radius 1 is 0.333 bits per heavy atom. The van der Waals surface area contributed by atoms with Gasteiger partial charge in [0, 0.05) is 10.8 Å². The summed E-state index contributed by atoms with van der Waals surface area (Å²) in [5.41, 5.74) is 11.0. The van der Waals surface area contributed by atoms with Crippen LogP contribution in [0, 0.1) is 5.82 Å². The summed E-state index contributed by atoms with van der Waals surface area (Å²) in [5, 5.41) is 4.70. The van der Waals surface area contributed by atoms with Crippen LogP contribution in [0.5, 0.6) is 0 Å². The van der Waals surface area contributed by atoms with E-state index in [9.17, 15) is 4.39 Å². The fourth-order valence-electron chi connectivity index (χ4n) is 5.86. The van der Waals surface area contributed by atoms with E-state index in [1.165, 1.54) is 50.7 Å². The first-order chi connectivity index (χ1) is 20.7. The summed E-state index contributed by atoms with van der Waals surface area (Å²) >= 11 is 0. The fraction of sp³-hybridized carbons (Fsp3) is 0. The Bertz CT molecular complexity index is 2220. The molecule has 0 saturated carbocycles. The summed E-state index contributed by atoms with van der Waals surface area (Å²) in [6.07, 6.45) is 0. The van der Waals surface area contributed by atoms with Crippen molar-refractivity contribution in [3.8, 4) is 44.5 Å². The lowest BCUT2D eigenvalue weighted by atomic mass is 9.95. The van der Waals surface area contributed by atoms with Crippen molar-refractivity contribution >= 4 is 32.7 Å². The lowest BCUT2D eigenvalue weighted by molar-refractivity contribution is 0.628. The first-order valence-corrected chi connectivity index (χ1v) is 14.1. The Kier molecular flexibility index (Phi) is 5.72. The van der Waals surface area contributed by atoms with E-state index in [0.717, 1.165) is 38.6 Å². The van der Waals surface area contributed by atoms with Gasteiger partial charge in [0.15, 0.2) is 0 Å². The molecule has 0 N–H and O–H groups in total. The molecule has 8 aromatic rings. The fourth-order valence-corrected chi connectivity index (χ4v) is 5.86. The van der Waals surface area contributed by atoms with Crippen LogP contribution in [0.25, 0.3) is 77.2 Å². The van der Waals surface area contributed by atoms with Crippen molar-refractivity contribution in [2.45, 2.75) is 0 Å². The first-order valence-electron chi connectivity index (χ1n) is 14.1. The molecule has 0 aliphatic carbocycles. The van der Waals surface area contributed by atoms with Gasteiger partial charge in [-0.3, -0.25) is 0 Å². The van der Waals surface area contributed by atoms with Crippen molar-refractivity contribution in [3.05, 3.63) is 157 Å². The number of hydrogen-bond donors (Lipinski definition) is 0. The van der Waals surface area contributed by atoms with Crippen molar-refractivity contribution in [3.63, 3.8) is 0 Å². The maximum atomic E-state index is 13.3. The van der Waals surface area contributed by atoms with Crippen LogP contribution in [-0.2, 0) is 0 Å². The lowest BCUT2D eigenvalue weighted by Gasteiger charge is -2.09. The highest BCUT2D eigenvalue weighted by Crippen LogP contribution is 2.34. The maximum absolute atomic E-state index is 13.3. The standard InChI is InChI=1S/C40H25FO/c41-36-20-17-27(18-21-36)26-5-7-28(8-6-26)32-15-13-31-14-16-33(24-35(31)23-32)29-9-11-30(12-10-29)34-19-22-40-38(25-34)37-3-1-2-4-39(37)42-40/h1-25H. The Hall–Kier alpha value is -5.47. The molecular formula is C40H25FO. The van der Waals surface area contributed by atoms with Gasteiger partial charge in [-0.2, -0.15) is 0 Å². The molecule has 0 amide bonds. The summed E-state index contributed by atoms with van der Waals surface area (Å²) in [5.74, 6) is -0.220. The Morgan fingerprint density at radius 3 is 1.36 bits per heavy atom. The molecule has 0 unspecified atom stereocenters. The smallest absolute Gasteiger partial charge is 0.135 e. The molecule has 0 aliphatic heterocycles. The van der Waals surface area contributed by atoms with Gasteiger partial charge in [0.1, 0.15) is 17.0 Å². The monoisotopic (exact) mass is 540 g/mol. The van der Waals surface area contributed by atoms with Gasteiger partial charge in [-0.05, 0) is 97.7 Å². The van der Waals surface area contributed by atoms with Gasteiger partial charge < -0.3 is 4.42 Å². The summed E-state index contributed by atoms with van der Waals surface area (Å²) in [6, 6.07) is 51.7. The van der Waals surface area contributed by atoms with Crippen LogP contribution in [-0.4, -0.2) is 0 Å². The summed E-state index contributed by atoms with van der Waals surface area (Å²) in [4.78, 5) is 0. The van der Waals surface area contributed by atoms with Crippen LogP contribution in [0.2, 0.25) is 0 Å². The van der Waals surface area contributed by atoms with Crippen molar-refractivity contribution in [2.24, 2.45) is 0 Å². The second kappa shape index (κ2) is 9.87. The Balaban J connectivity index is 1.08. The highest BCUT2D eigenvalue weighted by Gasteiger charge is 2.09. The predicted octanol–water partition coefficient (Wildman–Crippen LogP) is 11.5. The van der Waals surface area contributed by atoms with Gasteiger partial charge in [0.05, 0.1) is 0 Å². The molecule has 2 heteroatoms. The molecule has 0 saturated heterocycles. The highest BCUT2D eigenvalue weighted by atomic mass is 19.1. The summed E-state index contributed by atoms with van der Waals surface area (Å²) in [7, 11) is 0. The zero-order chi connectivity index (χ0) is 28.0. The van der Waals surface area contributed by atoms with Gasteiger partial charge in [-0.25, -0.2) is 4.39 Å². The molecule has 198 valence electrons. The Morgan fingerprint density at radius 2 is 0.762 bits per heavy atom. The third-order valence-electron chi connectivity index (χ3n) is 8.16. The van der Waals surface area contributed by atoms with Gasteiger partial charge in [0.2, 0.25) is 0 Å². The second-order valence-corrected chi connectivity index (χ2v) is 10.7. The van der Waals surface area contributed by atoms with Gasteiger partial charge in [0.25, 0.3) is 0 Å². The molecule has 0 bridgehead atoms. The van der Waals surface area contributed by atoms with E-state index in [-0.39, 0.29) is 5.82 Å². The topological polar surface area (TPSA) is 13.1 Å². The van der Waals surface area contributed by atoms with E-state index in [1.54, 1.807) is 0 Å². The summed E-state index contributed by atoms with van der Waals surface area (Å²) < 4.78 is 19.3. The van der Waals surface area contributed by atoms with Crippen molar-refractivity contribution < 1.29 is 8.81 Å². The van der Waals surface area contributed by atoms with Gasteiger partial charge in [-0.15, -0.1) is 0 Å². The van der Waals surface area contributed by atoms with Crippen molar-refractivity contribution in [2.75, 3.05) is 0 Å². The second-order valence-electron chi connectivity index (χ2n) is 10.7. The molecule has 0 radical (unpaired) electrons. The van der Waals surface area contributed by atoms with Gasteiger partial charge >= 0.3 is 0 Å². The van der Waals surface area contributed by atoms with Crippen LogP contribution in [0.1, 0.15) is 0 Å². The molecule has 1 heterocycles. The number of halogens is 1. The summed E-state index contributed by atoms with van der Waals surface area (Å²) in [6.45, 7) is 0. The Labute approximate surface area is 243 Å².